The number of carbonyl (C=O) groups excluding carboxylic acids is 2. The largest absolute Gasteiger partial charge is 0.332 e. The van der Waals surface area contributed by atoms with Crippen LogP contribution in [0.15, 0.2) is 29.3 Å². The molecule has 3 heterocycles. The summed E-state index contributed by atoms with van der Waals surface area (Å²) in [6.45, 7) is 0. The van der Waals surface area contributed by atoms with Crippen LogP contribution in [0.1, 0.15) is 16.4 Å². The Labute approximate surface area is 144 Å². The molecule has 2 aliphatic rings. The Balaban J connectivity index is 1.91. The van der Waals surface area contributed by atoms with Crippen LogP contribution in [-0.4, -0.2) is 22.0 Å². The number of halogens is 1. The van der Waals surface area contributed by atoms with Crippen LogP contribution < -0.4 is 5.32 Å². The molecule has 4 nitrogen and oxygen atoms in total. The molecule has 4 rings (SSSR count). The number of fused-ring (bicyclic) bond motifs is 2. The predicted molar refractivity (Wildman–Crippen MR) is 89.1 cm³/mol. The summed E-state index contributed by atoms with van der Waals surface area (Å²) >= 11 is 14.1. The van der Waals surface area contributed by atoms with Crippen molar-refractivity contribution in [3.8, 4) is 0 Å². The second kappa shape index (κ2) is 5.19. The van der Waals surface area contributed by atoms with Gasteiger partial charge < -0.3 is 4.98 Å². The molecule has 0 bridgehead atoms. The molecule has 2 aliphatic heterocycles. The van der Waals surface area contributed by atoms with Crippen LogP contribution in [0.2, 0.25) is 5.02 Å². The van der Waals surface area contributed by atoms with Gasteiger partial charge in [-0.3, -0.25) is 14.9 Å². The molecular weight excluding hydrogens is 360 g/mol. The summed E-state index contributed by atoms with van der Waals surface area (Å²) in [6.07, 6.45) is 0. The topological polar surface area (TPSA) is 62.0 Å². The quantitative estimate of drug-likeness (QED) is 0.598. The SMILES string of the molecule is O=C1NC(=O)C2C1Sc1[nH]c(=S)sc1C2c1ccc(Cl)cc1. The molecule has 2 aromatic rings. The van der Waals surface area contributed by atoms with Crippen LogP contribution in [0.25, 0.3) is 0 Å². The number of aromatic nitrogens is 1. The maximum Gasteiger partial charge on any atom is 0.240 e. The molecule has 2 amide bonds. The minimum Gasteiger partial charge on any atom is -0.332 e. The van der Waals surface area contributed by atoms with Crippen LogP contribution in [0.4, 0.5) is 0 Å². The fourth-order valence-electron chi connectivity index (χ4n) is 2.97. The van der Waals surface area contributed by atoms with Crippen LogP contribution in [0.5, 0.6) is 0 Å². The first kappa shape index (κ1) is 14.4. The zero-order chi connectivity index (χ0) is 15.4. The number of nitrogens with one attached hydrogen (secondary N) is 2. The van der Waals surface area contributed by atoms with E-state index >= 15 is 0 Å². The molecule has 22 heavy (non-hydrogen) atoms. The van der Waals surface area contributed by atoms with Crippen molar-refractivity contribution in [3.63, 3.8) is 0 Å². The van der Waals surface area contributed by atoms with Crippen molar-refractivity contribution in [3.05, 3.63) is 43.7 Å². The van der Waals surface area contributed by atoms with Gasteiger partial charge in [-0.15, -0.1) is 11.3 Å². The van der Waals surface area contributed by atoms with Gasteiger partial charge in [0.15, 0.2) is 3.95 Å². The third-order valence-electron chi connectivity index (χ3n) is 3.89. The molecule has 3 unspecified atom stereocenters. The Morgan fingerprint density at radius 1 is 1.14 bits per heavy atom. The monoisotopic (exact) mass is 368 g/mol. The van der Waals surface area contributed by atoms with Gasteiger partial charge in [-0.1, -0.05) is 35.5 Å². The van der Waals surface area contributed by atoms with E-state index in [1.165, 1.54) is 23.1 Å². The number of imide groups is 1. The van der Waals surface area contributed by atoms with Crippen molar-refractivity contribution in [1.29, 1.82) is 0 Å². The van der Waals surface area contributed by atoms with Crippen molar-refractivity contribution in [2.24, 2.45) is 5.92 Å². The molecule has 112 valence electrons. The molecule has 0 saturated carbocycles. The highest BCUT2D eigenvalue weighted by Gasteiger charge is 2.51. The summed E-state index contributed by atoms with van der Waals surface area (Å²) in [7, 11) is 0. The fraction of sp³-hybridized carbons (Fsp3) is 0.214. The third kappa shape index (κ3) is 2.15. The lowest BCUT2D eigenvalue weighted by molar-refractivity contribution is -0.125. The van der Waals surface area contributed by atoms with Gasteiger partial charge in [0.05, 0.1) is 10.9 Å². The molecule has 1 aromatic carbocycles. The van der Waals surface area contributed by atoms with Gasteiger partial charge in [-0.25, -0.2) is 0 Å². The minimum absolute atomic E-state index is 0.178. The Hall–Kier alpha value is -1.15. The predicted octanol–water partition coefficient (Wildman–Crippen LogP) is 3.34. The van der Waals surface area contributed by atoms with Crippen molar-refractivity contribution in [2.75, 3.05) is 0 Å². The van der Waals surface area contributed by atoms with Gasteiger partial charge in [0.1, 0.15) is 5.25 Å². The summed E-state index contributed by atoms with van der Waals surface area (Å²) in [5.74, 6) is -1.03. The van der Waals surface area contributed by atoms with Crippen molar-refractivity contribution >= 4 is 58.7 Å². The van der Waals surface area contributed by atoms with Gasteiger partial charge >= 0.3 is 0 Å². The maximum absolute atomic E-state index is 12.3. The van der Waals surface area contributed by atoms with Gasteiger partial charge in [0.2, 0.25) is 11.8 Å². The average Bonchev–Trinajstić information content (AvgIpc) is 2.98. The highest BCUT2D eigenvalue weighted by atomic mass is 35.5. The summed E-state index contributed by atoms with van der Waals surface area (Å²) < 4.78 is 0.657. The number of thiazole rings is 1. The Kier molecular flexibility index (Phi) is 3.41. The third-order valence-corrected chi connectivity index (χ3v) is 6.91. The number of hydrogen-bond donors (Lipinski definition) is 2. The number of benzene rings is 1. The molecule has 0 spiro atoms. The lowest BCUT2D eigenvalue weighted by atomic mass is 9.83. The normalized spacial score (nSPS) is 26.5. The molecule has 1 fully saturated rings. The van der Waals surface area contributed by atoms with Crippen molar-refractivity contribution < 1.29 is 9.59 Å². The molecule has 8 heteroatoms. The van der Waals surface area contributed by atoms with Crippen molar-refractivity contribution in [1.82, 2.24) is 10.3 Å². The first-order valence-corrected chi connectivity index (χ1v) is 9.02. The summed E-state index contributed by atoms with van der Waals surface area (Å²) in [5, 5.41) is 3.56. The van der Waals surface area contributed by atoms with Gasteiger partial charge in [-0.05, 0) is 29.9 Å². The molecule has 2 N–H and O–H groups in total. The van der Waals surface area contributed by atoms with Crippen LogP contribution in [0, 0.1) is 9.87 Å². The van der Waals surface area contributed by atoms with E-state index < -0.39 is 11.2 Å². The standard InChI is InChI=1S/C14H9ClN2O2S3/c15-6-3-1-5(2-4-6)7-8-9(12(19)16-11(8)18)21-13-10(7)22-14(20)17-13/h1-4,7-9H,(H,17,20)(H,16,18,19). The lowest BCUT2D eigenvalue weighted by Crippen LogP contribution is -2.31. The van der Waals surface area contributed by atoms with Crippen LogP contribution in [0.3, 0.4) is 0 Å². The fourth-order valence-corrected chi connectivity index (χ4v) is 6.02. The maximum atomic E-state index is 12.3. The Morgan fingerprint density at radius 3 is 2.59 bits per heavy atom. The molecule has 1 saturated heterocycles. The molecule has 0 aliphatic carbocycles. The Bertz CT molecular complexity index is 843. The number of H-pyrrole nitrogens is 1. The molecule has 1 aromatic heterocycles. The van der Waals surface area contributed by atoms with Crippen LogP contribution >= 0.6 is 46.9 Å². The summed E-state index contributed by atoms with van der Waals surface area (Å²) in [5.41, 5.74) is 0.969. The average molecular weight is 369 g/mol. The highest BCUT2D eigenvalue weighted by Crippen LogP contribution is 2.51. The van der Waals surface area contributed by atoms with E-state index in [4.69, 9.17) is 23.8 Å². The number of aromatic amines is 1. The number of thioether (sulfide) groups is 1. The number of amides is 2. The summed E-state index contributed by atoms with van der Waals surface area (Å²) in [6, 6.07) is 7.41. The van der Waals surface area contributed by atoms with Crippen molar-refractivity contribution in [2.45, 2.75) is 16.2 Å². The van der Waals surface area contributed by atoms with E-state index in [1.807, 2.05) is 12.1 Å². The second-order valence-corrected chi connectivity index (χ2v) is 8.46. The van der Waals surface area contributed by atoms with Gasteiger partial charge in [0, 0.05) is 15.8 Å². The van der Waals surface area contributed by atoms with E-state index in [-0.39, 0.29) is 17.7 Å². The van der Waals surface area contributed by atoms with E-state index in [1.54, 1.807) is 12.1 Å². The smallest absolute Gasteiger partial charge is 0.240 e. The minimum atomic E-state index is -0.416. The lowest BCUT2D eigenvalue weighted by Gasteiger charge is -2.29. The van der Waals surface area contributed by atoms with Gasteiger partial charge in [0.25, 0.3) is 0 Å². The molecular formula is C14H9ClN2O2S3. The zero-order valence-electron chi connectivity index (χ0n) is 11.0. The molecule has 3 atom stereocenters. The number of rotatable bonds is 1. The van der Waals surface area contributed by atoms with Crippen LogP contribution in [-0.2, 0) is 9.59 Å². The van der Waals surface area contributed by atoms with Gasteiger partial charge in [-0.2, -0.15) is 0 Å². The molecule has 0 radical (unpaired) electrons. The van der Waals surface area contributed by atoms with E-state index in [2.05, 4.69) is 10.3 Å². The summed E-state index contributed by atoms with van der Waals surface area (Å²) in [4.78, 5) is 28.5. The second-order valence-electron chi connectivity index (χ2n) is 5.15. The first-order chi connectivity index (χ1) is 10.5. The van der Waals surface area contributed by atoms with E-state index in [0.29, 0.717) is 8.98 Å². The zero-order valence-corrected chi connectivity index (χ0v) is 14.2. The number of carbonyl (C=O) groups is 2. The van der Waals surface area contributed by atoms with E-state index in [9.17, 15) is 9.59 Å². The van der Waals surface area contributed by atoms with E-state index in [0.717, 1.165) is 15.5 Å². The Morgan fingerprint density at radius 2 is 1.86 bits per heavy atom. The highest BCUT2D eigenvalue weighted by molar-refractivity contribution is 8.00. The first-order valence-electron chi connectivity index (χ1n) is 6.54. The number of hydrogen-bond acceptors (Lipinski definition) is 5.